The number of amides is 3. The van der Waals surface area contributed by atoms with Crippen molar-refractivity contribution in [2.75, 3.05) is 48.1 Å². The standard InChI is InChI=1S/C59H83N9O8/c1-8-39(62-58(71)45-34-48(67(64-45)43-18-10-11-19-43)55-50(73-4)20-15-21-51(55)74-5)32-53(69)61-42-30-38(31-42)44-23-25-52(75-6)56(57(44)76-7)49-35-46(65-68(49)47-24-22-36(2)37(47)3)59(72)63-41(26-29-66-27-12-9-13-28-66)33-54(70)60-40-16-14-17-40/h8,15,20-21,23,25,34-43,47,58,62,71H,1,9-14,16-19,22,24,26-33H2,2-7H3,(H,60,70)(H,61,69)(H,63,72)/t36?,37?,38?,39-,41-,42?,47?,58?/m0/s1. The molecule has 17 heteroatoms. The lowest BCUT2D eigenvalue weighted by Crippen LogP contribution is -2.45. The summed E-state index contributed by atoms with van der Waals surface area (Å²) in [6.07, 6.45) is 15.7. The molecule has 5 fully saturated rings. The van der Waals surface area contributed by atoms with E-state index in [4.69, 9.17) is 29.1 Å². The average molecular weight is 1050 g/mol. The summed E-state index contributed by atoms with van der Waals surface area (Å²) in [7, 11) is 6.57. The minimum Gasteiger partial charge on any atom is -0.496 e. The van der Waals surface area contributed by atoms with E-state index in [0.29, 0.717) is 65.5 Å². The van der Waals surface area contributed by atoms with Gasteiger partial charge in [-0.05, 0) is 144 Å². The Kier molecular flexibility index (Phi) is 18.1. The average Bonchev–Trinajstić information content (AvgIpc) is 4.25. The van der Waals surface area contributed by atoms with Crippen LogP contribution in [-0.2, 0) is 9.59 Å². The maximum absolute atomic E-state index is 14.5. The first-order valence-corrected chi connectivity index (χ1v) is 28.2. The van der Waals surface area contributed by atoms with Gasteiger partial charge in [0.1, 0.15) is 34.9 Å². The Morgan fingerprint density at radius 3 is 2.05 bits per heavy atom. The topological polar surface area (TPSA) is 195 Å². The van der Waals surface area contributed by atoms with Crippen molar-refractivity contribution in [3.8, 4) is 45.5 Å². The summed E-state index contributed by atoms with van der Waals surface area (Å²) < 4.78 is 28.0. The zero-order valence-electron chi connectivity index (χ0n) is 45.8. The van der Waals surface area contributed by atoms with E-state index in [1.54, 1.807) is 34.5 Å². The molecule has 0 spiro atoms. The number of aliphatic hydroxyl groups is 1. The predicted octanol–water partition coefficient (Wildman–Crippen LogP) is 8.79. The number of methoxy groups -OCH3 is 4. The number of ether oxygens (including phenoxy) is 4. The van der Waals surface area contributed by atoms with Crippen LogP contribution in [-0.4, -0.2) is 120 Å². The maximum atomic E-state index is 14.5. The van der Waals surface area contributed by atoms with Crippen molar-refractivity contribution in [2.24, 2.45) is 11.8 Å². The molecule has 4 aromatic rings. The Bertz CT molecular complexity index is 2620. The summed E-state index contributed by atoms with van der Waals surface area (Å²) in [5, 5.41) is 34.5. The molecule has 9 rings (SSSR count). The summed E-state index contributed by atoms with van der Waals surface area (Å²) in [5.41, 5.74) is 4.75. The third kappa shape index (κ3) is 12.3. The van der Waals surface area contributed by atoms with Crippen LogP contribution in [0.15, 0.2) is 55.1 Å². The van der Waals surface area contributed by atoms with Crippen molar-refractivity contribution in [1.29, 1.82) is 0 Å². The van der Waals surface area contributed by atoms with Crippen LogP contribution in [0.2, 0.25) is 0 Å². The zero-order valence-corrected chi connectivity index (χ0v) is 45.8. The zero-order chi connectivity index (χ0) is 53.5. The lowest BCUT2D eigenvalue weighted by atomic mass is 9.74. The molecule has 6 atom stereocenters. The van der Waals surface area contributed by atoms with Gasteiger partial charge in [-0.1, -0.05) is 51.3 Å². The van der Waals surface area contributed by atoms with Gasteiger partial charge in [-0.25, -0.2) is 0 Å². The number of aromatic nitrogens is 4. The van der Waals surface area contributed by atoms with Crippen molar-refractivity contribution >= 4 is 17.7 Å². The molecule has 4 aliphatic carbocycles. The summed E-state index contributed by atoms with van der Waals surface area (Å²) in [6, 6.07) is 12.9. The number of carbonyl (C=O) groups excluding carboxylic acids is 3. The second-order valence-corrected chi connectivity index (χ2v) is 22.3. The van der Waals surface area contributed by atoms with E-state index in [-0.39, 0.29) is 66.7 Å². The molecule has 2 aromatic carbocycles. The van der Waals surface area contributed by atoms with Gasteiger partial charge >= 0.3 is 0 Å². The summed E-state index contributed by atoms with van der Waals surface area (Å²) in [4.78, 5) is 43.9. The predicted molar refractivity (Wildman–Crippen MR) is 293 cm³/mol. The van der Waals surface area contributed by atoms with Crippen LogP contribution in [0, 0.1) is 11.8 Å². The van der Waals surface area contributed by atoms with E-state index < -0.39 is 12.3 Å². The molecule has 1 saturated heterocycles. The Labute approximate surface area is 449 Å². The highest BCUT2D eigenvalue weighted by molar-refractivity contribution is 5.95. The van der Waals surface area contributed by atoms with E-state index in [0.717, 1.165) is 105 Å². The minimum absolute atomic E-state index is 0.0215. The number of nitrogens with one attached hydrogen (secondary N) is 4. The quantitative estimate of drug-likeness (QED) is 0.0331. The van der Waals surface area contributed by atoms with Gasteiger partial charge in [0.2, 0.25) is 11.8 Å². The summed E-state index contributed by atoms with van der Waals surface area (Å²) in [6.45, 7) is 11.4. The Hall–Kier alpha value is -5.91. The van der Waals surface area contributed by atoms with Crippen LogP contribution in [0.3, 0.4) is 0 Å². The van der Waals surface area contributed by atoms with Gasteiger partial charge < -0.3 is 44.9 Å². The Balaban J connectivity index is 0.890. The lowest BCUT2D eigenvalue weighted by molar-refractivity contribution is -0.123. The number of piperidine rings is 1. The SMILES string of the molecule is C=C[C@@H](CC(=O)NC1CC(c2ccc(OC)c(-c3cc(C(=O)N[C@@H](CCN4CCCCC4)CC(=O)NC4CCC4)nn3C3CCC(C)C3C)c2OC)C1)NC(O)c1cc(-c2c(OC)cccc2OC)n(C2CCCC2)n1. The molecule has 412 valence electrons. The van der Waals surface area contributed by atoms with E-state index >= 15 is 0 Å². The van der Waals surface area contributed by atoms with Crippen LogP contribution in [0.1, 0.15) is 169 Å². The van der Waals surface area contributed by atoms with Crippen LogP contribution in [0.5, 0.6) is 23.0 Å². The van der Waals surface area contributed by atoms with Crippen molar-refractivity contribution in [3.05, 3.63) is 72.1 Å². The molecule has 0 radical (unpaired) electrons. The van der Waals surface area contributed by atoms with Gasteiger partial charge in [0, 0.05) is 43.6 Å². The van der Waals surface area contributed by atoms with E-state index in [1.165, 1.54) is 19.3 Å². The number of likely N-dealkylation sites (tertiary alicyclic amines) is 1. The number of hydrogen-bond acceptors (Lipinski definition) is 12. The van der Waals surface area contributed by atoms with Crippen molar-refractivity contribution in [1.82, 2.24) is 45.7 Å². The molecular weight excluding hydrogens is 963 g/mol. The molecule has 3 heterocycles. The molecule has 5 aliphatic rings. The molecule has 3 amide bonds. The third-order valence-electron chi connectivity index (χ3n) is 17.4. The van der Waals surface area contributed by atoms with Gasteiger partial charge in [-0.2, -0.15) is 10.2 Å². The monoisotopic (exact) mass is 1050 g/mol. The van der Waals surface area contributed by atoms with Crippen LogP contribution in [0.4, 0.5) is 0 Å². The third-order valence-corrected chi connectivity index (χ3v) is 17.4. The van der Waals surface area contributed by atoms with Crippen LogP contribution in [0.25, 0.3) is 22.5 Å². The number of rotatable bonds is 24. The van der Waals surface area contributed by atoms with Crippen LogP contribution >= 0.6 is 0 Å². The van der Waals surface area contributed by atoms with Crippen molar-refractivity contribution in [3.63, 3.8) is 0 Å². The first kappa shape index (κ1) is 54.9. The fraction of sp³-hybridized carbons (Fsp3) is 0.610. The number of aliphatic hydroxyl groups excluding tert-OH is 1. The molecule has 5 N–H and O–H groups in total. The lowest BCUT2D eigenvalue weighted by Gasteiger charge is -2.37. The van der Waals surface area contributed by atoms with E-state index in [2.05, 4.69) is 46.6 Å². The molecule has 4 unspecified atom stereocenters. The van der Waals surface area contributed by atoms with Gasteiger partial charge in [0.05, 0.1) is 63.0 Å². The molecule has 0 bridgehead atoms. The van der Waals surface area contributed by atoms with Crippen molar-refractivity contribution < 1.29 is 38.4 Å². The normalized spacial score (nSPS) is 23.2. The molecule has 17 nitrogen and oxygen atoms in total. The molecule has 1 aliphatic heterocycles. The summed E-state index contributed by atoms with van der Waals surface area (Å²) in [5.74, 6) is 2.92. The van der Waals surface area contributed by atoms with E-state index in [9.17, 15) is 19.5 Å². The largest absolute Gasteiger partial charge is 0.496 e. The van der Waals surface area contributed by atoms with Gasteiger partial charge in [-0.15, -0.1) is 6.58 Å². The highest BCUT2D eigenvalue weighted by Crippen LogP contribution is 2.51. The second kappa shape index (κ2) is 25.0. The smallest absolute Gasteiger partial charge is 0.272 e. The fourth-order valence-corrected chi connectivity index (χ4v) is 12.5. The molecular formula is C59H83N9O8. The first-order valence-electron chi connectivity index (χ1n) is 28.2. The van der Waals surface area contributed by atoms with Gasteiger partial charge in [0.25, 0.3) is 5.91 Å². The first-order chi connectivity index (χ1) is 36.9. The van der Waals surface area contributed by atoms with Crippen molar-refractivity contribution in [2.45, 2.75) is 171 Å². The highest BCUT2D eigenvalue weighted by Gasteiger charge is 2.39. The number of hydrogen-bond donors (Lipinski definition) is 5. The fourth-order valence-electron chi connectivity index (χ4n) is 12.5. The number of carbonyl (C=O) groups is 3. The van der Waals surface area contributed by atoms with Crippen LogP contribution < -0.4 is 40.2 Å². The minimum atomic E-state index is -1.18. The molecule has 76 heavy (non-hydrogen) atoms. The Morgan fingerprint density at radius 2 is 1.42 bits per heavy atom. The Morgan fingerprint density at radius 1 is 0.750 bits per heavy atom. The summed E-state index contributed by atoms with van der Waals surface area (Å²) >= 11 is 0. The van der Waals surface area contributed by atoms with E-state index in [1.807, 2.05) is 51.8 Å². The molecule has 4 saturated carbocycles. The number of benzene rings is 2. The second-order valence-electron chi connectivity index (χ2n) is 22.3. The highest BCUT2D eigenvalue weighted by atomic mass is 16.5. The molecule has 2 aromatic heterocycles. The van der Waals surface area contributed by atoms with Gasteiger partial charge in [0.15, 0.2) is 5.69 Å². The number of nitrogens with zero attached hydrogens (tertiary/aromatic N) is 5. The van der Waals surface area contributed by atoms with Gasteiger partial charge in [-0.3, -0.25) is 29.1 Å². The maximum Gasteiger partial charge on any atom is 0.272 e.